The number of aliphatic hydroxyl groups is 1. The van der Waals surface area contributed by atoms with E-state index >= 15 is 0 Å². The number of carbonyl (C=O) groups is 2. The number of hydrogen-bond donors (Lipinski definition) is 2. The molecule has 0 aliphatic rings. The Morgan fingerprint density at radius 1 is 1.29 bits per heavy atom. The summed E-state index contributed by atoms with van der Waals surface area (Å²) in [4.78, 5) is 23.6. The van der Waals surface area contributed by atoms with Crippen molar-refractivity contribution >= 4 is 12.1 Å². The van der Waals surface area contributed by atoms with Crippen molar-refractivity contribution in [3.8, 4) is 0 Å². The fourth-order valence-corrected chi connectivity index (χ4v) is 1.13. The molecule has 0 radical (unpaired) electrons. The van der Waals surface area contributed by atoms with Gasteiger partial charge in [0.05, 0.1) is 12.6 Å². The van der Waals surface area contributed by atoms with Gasteiger partial charge in [-0.3, -0.25) is 4.90 Å². The average Bonchev–Trinajstić information content (AvgIpc) is 2.09. The normalized spacial score (nSPS) is 14.9. The Labute approximate surface area is 101 Å². The summed E-state index contributed by atoms with van der Waals surface area (Å²) in [7, 11) is 0. The topological polar surface area (TPSA) is 87.1 Å². The van der Waals surface area contributed by atoms with Gasteiger partial charge in [0.15, 0.2) is 0 Å². The van der Waals surface area contributed by atoms with E-state index in [1.54, 1.807) is 20.8 Å². The minimum absolute atomic E-state index is 0.0810. The van der Waals surface area contributed by atoms with Crippen LogP contribution in [0, 0.1) is 0 Å². The minimum Gasteiger partial charge on any atom is -0.480 e. The summed E-state index contributed by atoms with van der Waals surface area (Å²) in [6.07, 6.45) is -1.56. The molecule has 2 atom stereocenters. The van der Waals surface area contributed by atoms with Gasteiger partial charge in [-0.15, -0.1) is 0 Å². The van der Waals surface area contributed by atoms with Gasteiger partial charge in [0, 0.05) is 0 Å². The van der Waals surface area contributed by atoms with E-state index in [2.05, 4.69) is 0 Å². The zero-order chi connectivity index (χ0) is 13.8. The fraction of sp³-hybridized carbons (Fsp3) is 0.818. The molecule has 0 saturated carbocycles. The molecule has 100 valence electrons. The lowest BCUT2D eigenvalue weighted by Crippen LogP contribution is -2.48. The highest BCUT2D eigenvalue weighted by Crippen LogP contribution is 2.12. The second-order valence-corrected chi connectivity index (χ2v) is 5.00. The predicted octanol–water partition coefficient (Wildman–Crippen LogP) is 1.08. The second kappa shape index (κ2) is 5.86. The number of carboxylic acid groups (broad SMARTS) is 1. The Balaban J connectivity index is 4.80. The Kier molecular flexibility index (Phi) is 5.41. The molecule has 6 heteroatoms. The number of carbonyl (C=O) groups excluding carboxylic acids is 1. The number of hydrogen-bond acceptors (Lipinski definition) is 4. The average molecular weight is 247 g/mol. The quantitative estimate of drug-likeness (QED) is 0.776. The van der Waals surface area contributed by atoms with E-state index in [4.69, 9.17) is 9.84 Å². The molecule has 0 aliphatic carbocycles. The lowest BCUT2D eigenvalue weighted by molar-refractivity contribution is -0.142. The first-order valence-electron chi connectivity index (χ1n) is 5.45. The Bertz CT molecular complexity index is 282. The summed E-state index contributed by atoms with van der Waals surface area (Å²) in [6.45, 7) is 7.84. The molecule has 0 bridgehead atoms. The monoisotopic (exact) mass is 247 g/mol. The van der Waals surface area contributed by atoms with E-state index in [9.17, 15) is 14.7 Å². The van der Waals surface area contributed by atoms with E-state index in [0.717, 1.165) is 4.90 Å². The number of aliphatic carboxylic acids is 1. The molecule has 1 amide bonds. The molecule has 6 nitrogen and oxygen atoms in total. The van der Waals surface area contributed by atoms with E-state index in [0.29, 0.717) is 0 Å². The maximum Gasteiger partial charge on any atom is 0.411 e. The molecule has 2 N–H and O–H groups in total. The SMILES string of the molecule is C[C@H](O)CN(C(=O)OC(C)(C)C)[C@@H](C)C(=O)O. The maximum absolute atomic E-state index is 11.8. The maximum atomic E-state index is 11.8. The van der Waals surface area contributed by atoms with Crippen LogP contribution in [0.5, 0.6) is 0 Å². The summed E-state index contributed by atoms with van der Waals surface area (Å²) in [5, 5.41) is 18.1. The molecule has 0 rings (SSSR count). The van der Waals surface area contributed by atoms with E-state index < -0.39 is 29.8 Å². The van der Waals surface area contributed by atoms with Gasteiger partial charge < -0.3 is 14.9 Å². The molecule has 0 heterocycles. The third-order valence-corrected chi connectivity index (χ3v) is 1.91. The number of aliphatic hydroxyl groups excluding tert-OH is 1. The number of nitrogens with zero attached hydrogens (tertiary/aromatic N) is 1. The lowest BCUT2D eigenvalue weighted by atomic mass is 10.2. The van der Waals surface area contributed by atoms with Gasteiger partial charge in [0.25, 0.3) is 0 Å². The molecule has 0 aromatic heterocycles. The summed E-state index contributed by atoms with van der Waals surface area (Å²) >= 11 is 0. The molecule has 0 aliphatic heterocycles. The molecule has 17 heavy (non-hydrogen) atoms. The van der Waals surface area contributed by atoms with Crippen LogP contribution in [0.15, 0.2) is 0 Å². The molecular formula is C11H21NO5. The largest absolute Gasteiger partial charge is 0.480 e. The fourth-order valence-electron chi connectivity index (χ4n) is 1.13. The van der Waals surface area contributed by atoms with Crippen LogP contribution in [0.2, 0.25) is 0 Å². The van der Waals surface area contributed by atoms with Crippen molar-refractivity contribution in [3.05, 3.63) is 0 Å². The molecule has 0 fully saturated rings. The summed E-state index contributed by atoms with van der Waals surface area (Å²) in [6, 6.07) is -1.04. The van der Waals surface area contributed by atoms with Gasteiger partial charge in [-0.25, -0.2) is 9.59 Å². The highest BCUT2D eigenvalue weighted by molar-refractivity contribution is 5.79. The van der Waals surface area contributed by atoms with Crippen molar-refractivity contribution in [1.29, 1.82) is 0 Å². The van der Waals surface area contributed by atoms with E-state index in [1.807, 2.05) is 0 Å². The zero-order valence-electron chi connectivity index (χ0n) is 10.9. The third kappa shape index (κ3) is 6.11. The third-order valence-electron chi connectivity index (χ3n) is 1.91. The number of rotatable bonds is 4. The molecule has 0 unspecified atom stereocenters. The first-order chi connectivity index (χ1) is 7.54. The standard InChI is InChI=1S/C11H21NO5/c1-7(13)6-12(8(2)9(14)15)10(16)17-11(3,4)5/h7-8,13H,6H2,1-5H3,(H,14,15)/t7-,8-/m0/s1. The van der Waals surface area contributed by atoms with Crippen molar-refractivity contribution in [2.24, 2.45) is 0 Å². The first-order valence-corrected chi connectivity index (χ1v) is 5.45. The Morgan fingerprint density at radius 3 is 2.06 bits per heavy atom. The summed E-state index contributed by atoms with van der Waals surface area (Å²) in [5.74, 6) is -1.14. The van der Waals surface area contributed by atoms with Crippen molar-refractivity contribution < 1.29 is 24.5 Å². The second-order valence-electron chi connectivity index (χ2n) is 5.00. The Morgan fingerprint density at radius 2 is 1.76 bits per heavy atom. The van der Waals surface area contributed by atoms with Crippen LogP contribution >= 0.6 is 0 Å². The number of ether oxygens (including phenoxy) is 1. The smallest absolute Gasteiger partial charge is 0.411 e. The summed E-state index contributed by atoms with van der Waals surface area (Å²) in [5.41, 5.74) is -0.702. The van der Waals surface area contributed by atoms with Crippen LogP contribution in [0.3, 0.4) is 0 Å². The van der Waals surface area contributed by atoms with Crippen molar-refractivity contribution in [2.75, 3.05) is 6.54 Å². The van der Waals surface area contributed by atoms with Crippen molar-refractivity contribution in [3.63, 3.8) is 0 Å². The van der Waals surface area contributed by atoms with Gasteiger partial charge in [0.1, 0.15) is 11.6 Å². The molecule has 0 spiro atoms. The molecule has 0 aromatic rings. The van der Waals surface area contributed by atoms with E-state index in [1.165, 1.54) is 13.8 Å². The molecule has 0 saturated heterocycles. The van der Waals surface area contributed by atoms with Crippen LogP contribution in [0.4, 0.5) is 4.79 Å². The van der Waals surface area contributed by atoms with Gasteiger partial charge in [-0.1, -0.05) is 0 Å². The highest BCUT2D eigenvalue weighted by Gasteiger charge is 2.30. The Hall–Kier alpha value is -1.30. The number of amides is 1. The van der Waals surface area contributed by atoms with Crippen LogP contribution < -0.4 is 0 Å². The van der Waals surface area contributed by atoms with E-state index in [-0.39, 0.29) is 6.54 Å². The van der Waals surface area contributed by atoms with Gasteiger partial charge in [-0.2, -0.15) is 0 Å². The van der Waals surface area contributed by atoms with Crippen LogP contribution in [0.1, 0.15) is 34.6 Å². The van der Waals surface area contributed by atoms with Gasteiger partial charge >= 0.3 is 12.1 Å². The first kappa shape index (κ1) is 15.7. The molecule has 0 aromatic carbocycles. The zero-order valence-corrected chi connectivity index (χ0v) is 10.9. The predicted molar refractivity (Wildman–Crippen MR) is 61.7 cm³/mol. The van der Waals surface area contributed by atoms with Crippen molar-refractivity contribution in [1.82, 2.24) is 4.90 Å². The molecular weight excluding hydrogens is 226 g/mol. The van der Waals surface area contributed by atoms with Gasteiger partial charge in [0.2, 0.25) is 0 Å². The minimum atomic E-state index is -1.14. The highest BCUT2D eigenvalue weighted by atomic mass is 16.6. The van der Waals surface area contributed by atoms with Crippen molar-refractivity contribution in [2.45, 2.75) is 52.4 Å². The van der Waals surface area contributed by atoms with Crippen LogP contribution in [0.25, 0.3) is 0 Å². The van der Waals surface area contributed by atoms with Crippen LogP contribution in [-0.4, -0.2) is 51.5 Å². The lowest BCUT2D eigenvalue weighted by Gasteiger charge is -2.30. The van der Waals surface area contributed by atoms with Crippen LogP contribution in [-0.2, 0) is 9.53 Å². The van der Waals surface area contributed by atoms with Gasteiger partial charge in [-0.05, 0) is 34.6 Å². The number of carboxylic acids is 1. The summed E-state index contributed by atoms with van der Waals surface area (Å²) < 4.78 is 5.08.